The molecule has 2 aliphatic heterocycles. The van der Waals surface area contributed by atoms with Gasteiger partial charge in [-0.05, 0) is 57.6 Å². The van der Waals surface area contributed by atoms with Crippen LogP contribution in [0.25, 0.3) is 0 Å². The van der Waals surface area contributed by atoms with Crippen molar-refractivity contribution < 1.29 is 28.3 Å². The molecule has 8 nitrogen and oxygen atoms in total. The number of nitrogens with zero attached hydrogens (tertiary/aromatic N) is 2. The first-order valence-corrected chi connectivity index (χ1v) is 12.3. The number of rotatable bonds is 7. The standard InChI is InChI=1S/C25H36N2O6/c1-3-32-23(29)19-17-25(12-6-7-13-26(24(25)30)14-16-31-2)27(21(19)20-11-8-15-33-20)22(28)18-9-4-5-10-18/h8,11,15,18-19,21H,3-7,9-10,12-14,16-17H2,1-2H3/t19-,21+,25-/m0/s1. The highest BCUT2D eigenvalue weighted by atomic mass is 16.5. The molecule has 1 aliphatic carbocycles. The van der Waals surface area contributed by atoms with Gasteiger partial charge in [-0.1, -0.05) is 12.8 Å². The largest absolute Gasteiger partial charge is 0.467 e. The van der Waals surface area contributed by atoms with Crippen molar-refractivity contribution >= 4 is 17.8 Å². The van der Waals surface area contributed by atoms with Gasteiger partial charge in [-0.25, -0.2) is 0 Å². The van der Waals surface area contributed by atoms with Crippen LogP contribution in [-0.2, 0) is 23.9 Å². The SMILES string of the molecule is CCOC(=O)[C@H]1C[C@]2(CCCCN(CCOC)C2=O)N(C(=O)C2CCCC2)[C@H]1c1ccco1. The normalized spacial score (nSPS) is 28.5. The molecule has 0 bridgehead atoms. The molecule has 1 aromatic rings. The lowest BCUT2D eigenvalue weighted by atomic mass is 9.85. The third-order valence-corrected chi connectivity index (χ3v) is 7.56. The topological polar surface area (TPSA) is 89.3 Å². The van der Waals surface area contributed by atoms with Crippen molar-refractivity contribution in [1.29, 1.82) is 0 Å². The van der Waals surface area contributed by atoms with Gasteiger partial charge in [-0.2, -0.15) is 0 Å². The first-order chi connectivity index (χ1) is 16.0. The minimum absolute atomic E-state index is 0.0253. The number of hydrogen-bond donors (Lipinski definition) is 0. The minimum atomic E-state index is -1.07. The number of amides is 2. The lowest BCUT2D eigenvalue weighted by Gasteiger charge is -2.42. The Morgan fingerprint density at radius 1 is 1.21 bits per heavy atom. The quantitative estimate of drug-likeness (QED) is 0.580. The van der Waals surface area contributed by atoms with Crippen LogP contribution in [0.15, 0.2) is 22.8 Å². The Hall–Kier alpha value is -2.35. The molecule has 0 N–H and O–H groups in total. The lowest BCUT2D eigenvalue weighted by molar-refractivity contribution is -0.157. The van der Waals surface area contributed by atoms with Crippen molar-refractivity contribution in [3.63, 3.8) is 0 Å². The molecule has 1 spiro atoms. The molecule has 3 aliphatic rings. The van der Waals surface area contributed by atoms with Gasteiger partial charge in [0.25, 0.3) is 0 Å². The highest BCUT2D eigenvalue weighted by molar-refractivity contribution is 5.95. The van der Waals surface area contributed by atoms with Crippen LogP contribution in [0.1, 0.15) is 70.1 Å². The first-order valence-electron chi connectivity index (χ1n) is 12.3. The molecule has 2 saturated heterocycles. The van der Waals surface area contributed by atoms with E-state index in [1.165, 1.54) is 0 Å². The fraction of sp³-hybridized carbons (Fsp3) is 0.720. The number of hydrogen-bond acceptors (Lipinski definition) is 6. The molecule has 8 heteroatoms. The van der Waals surface area contributed by atoms with E-state index in [2.05, 4.69) is 0 Å². The van der Waals surface area contributed by atoms with Crippen LogP contribution in [-0.4, -0.2) is 66.5 Å². The van der Waals surface area contributed by atoms with Crippen molar-refractivity contribution in [1.82, 2.24) is 9.80 Å². The summed E-state index contributed by atoms with van der Waals surface area (Å²) in [6.07, 6.45) is 7.70. The highest BCUT2D eigenvalue weighted by Crippen LogP contribution is 2.52. The summed E-state index contributed by atoms with van der Waals surface area (Å²) in [6, 6.07) is 2.92. The highest BCUT2D eigenvalue weighted by Gasteiger charge is 2.62. The van der Waals surface area contributed by atoms with Gasteiger partial charge in [-0.15, -0.1) is 0 Å². The van der Waals surface area contributed by atoms with E-state index >= 15 is 0 Å². The van der Waals surface area contributed by atoms with Gasteiger partial charge in [0.1, 0.15) is 17.3 Å². The summed E-state index contributed by atoms with van der Waals surface area (Å²) in [5.74, 6) is -0.705. The van der Waals surface area contributed by atoms with E-state index < -0.39 is 17.5 Å². The second-order valence-corrected chi connectivity index (χ2v) is 9.49. The number of esters is 1. The second kappa shape index (κ2) is 10.3. The zero-order valence-electron chi connectivity index (χ0n) is 19.8. The summed E-state index contributed by atoms with van der Waals surface area (Å²) in [5, 5.41) is 0. The maximum atomic E-state index is 14.1. The van der Waals surface area contributed by atoms with Crippen LogP contribution in [0.5, 0.6) is 0 Å². The molecule has 3 atom stereocenters. The molecular formula is C25H36N2O6. The molecular weight excluding hydrogens is 424 g/mol. The van der Waals surface area contributed by atoms with Crippen LogP contribution in [0.4, 0.5) is 0 Å². The zero-order valence-corrected chi connectivity index (χ0v) is 19.8. The van der Waals surface area contributed by atoms with E-state index in [1.807, 2.05) is 4.90 Å². The predicted molar refractivity (Wildman–Crippen MR) is 120 cm³/mol. The van der Waals surface area contributed by atoms with Crippen LogP contribution < -0.4 is 0 Å². The molecule has 3 fully saturated rings. The summed E-state index contributed by atoms with van der Waals surface area (Å²) < 4.78 is 16.4. The number of likely N-dealkylation sites (tertiary alicyclic amines) is 2. The van der Waals surface area contributed by atoms with E-state index in [0.29, 0.717) is 31.9 Å². The minimum Gasteiger partial charge on any atom is -0.467 e. The molecule has 0 radical (unpaired) electrons. The number of furan rings is 1. The lowest BCUT2D eigenvalue weighted by Crippen LogP contribution is -2.59. The third-order valence-electron chi connectivity index (χ3n) is 7.56. The first kappa shape index (κ1) is 23.8. The van der Waals surface area contributed by atoms with Gasteiger partial charge in [0, 0.05) is 26.1 Å². The van der Waals surface area contributed by atoms with Gasteiger partial charge in [-0.3, -0.25) is 14.4 Å². The Labute approximate surface area is 195 Å². The summed E-state index contributed by atoms with van der Waals surface area (Å²) in [7, 11) is 1.62. The van der Waals surface area contributed by atoms with Crippen molar-refractivity contribution in [2.24, 2.45) is 11.8 Å². The monoisotopic (exact) mass is 460 g/mol. The number of carbonyl (C=O) groups excluding carboxylic acids is 3. The van der Waals surface area contributed by atoms with E-state index in [4.69, 9.17) is 13.9 Å². The Balaban J connectivity index is 1.81. The molecule has 33 heavy (non-hydrogen) atoms. The smallest absolute Gasteiger partial charge is 0.311 e. The molecule has 0 aromatic carbocycles. The summed E-state index contributed by atoms with van der Waals surface area (Å²) in [5.41, 5.74) is -1.07. The average molecular weight is 461 g/mol. The molecule has 3 heterocycles. The third kappa shape index (κ3) is 4.42. The van der Waals surface area contributed by atoms with E-state index in [0.717, 1.165) is 38.5 Å². The maximum Gasteiger partial charge on any atom is 0.311 e. The maximum absolute atomic E-state index is 14.1. The van der Waals surface area contributed by atoms with Gasteiger partial charge >= 0.3 is 5.97 Å². The fourth-order valence-electron chi connectivity index (χ4n) is 6.03. The summed E-state index contributed by atoms with van der Waals surface area (Å²) >= 11 is 0. The Bertz CT molecular complexity index is 834. The van der Waals surface area contributed by atoms with Crippen LogP contribution >= 0.6 is 0 Å². The number of methoxy groups -OCH3 is 1. The van der Waals surface area contributed by atoms with Gasteiger partial charge in [0.15, 0.2) is 0 Å². The van der Waals surface area contributed by atoms with Gasteiger partial charge < -0.3 is 23.7 Å². The van der Waals surface area contributed by atoms with Crippen molar-refractivity contribution in [2.75, 3.05) is 33.4 Å². The number of carbonyl (C=O) groups is 3. The van der Waals surface area contributed by atoms with Crippen LogP contribution in [0, 0.1) is 11.8 Å². The second-order valence-electron chi connectivity index (χ2n) is 9.49. The van der Waals surface area contributed by atoms with Crippen molar-refractivity contribution in [3.8, 4) is 0 Å². The molecule has 0 unspecified atom stereocenters. The molecule has 1 aromatic heterocycles. The van der Waals surface area contributed by atoms with E-state index in [-0.39, 0.29) is 36.7 Å². The van der Waals surface area contributed by atoms with E-state index in [1.54, 1.807) is 37.3 Å². The van der Waals surface area contributed by atoms with E-state index in [9.17, 15) is 14.4 Å². The summed E-state index contributed by atoms with van der Waals surface area (Å²) in [6.45, 7) is 3.55. The van der Waals surface area contributed by atoms with Crippen LogP contribution in [0.3, 0.4) is 0 Å². The average Bonchev–Trinajstić information content (AvgIpc) is 3.56. The molecule has 182 valence electrons. The summed E-state index contributed by atoms with van der Waals surface area (Å²) in [4.78, 5) is 45.0. The molecule has 2 amide bonds. The van der Waals surface area contributed by atoms with Crippen LogP contribution in [0.2, 0.25) is 0 Å². The van der Waals surface area contributed by atoms with Gasteiger partial charge in [0.2, 0.25) is 11.8 Å². The fourth-order valence-corrected chi connectivity index (χ4v) is 6.03. The molecule has 4 rings (SSSR count). The molecule has 1 saturated carbocycles. The Morgan fingerprint density at radius 2 is 2.00 bits per heavy atom. The number of ether oxygens (including phenoxy) is 2. The predicted octanol–water partition coefficient (Wildman–Crippen LogP) is 3.32. The van der Waals surface area contributed by atoms with Crippen molar-refractivity contribution in [2.45, 2.75) is 69.9 Å². The Kier molecular flexibility index (Phi) is 7.41. The van der Waals surface area contributed by atoms with Gasteiger partial charge in [0.05, 0.1) is 25.4 Å². The van der Waals surface area contributed by atoms with Crippen molar-refractivity contribution in [3.05, 3.63) is 24.2 Å². The zero-order chi connectivity index (χ0) is 23.4. The Morgan fingerprint density at radius 3 is 2.67 bits per heavy atom.